The summed E-state index contributed by atoms with van der Waals surface area (Å²) in [7, 11) is 0. The number of rotatable bonds is 4. The van der Waals surface area contributed by atoms with Crippen molar-refractivity contribution in [3.05, 3.63) is 71.3 Å². The zero-order chi connectivity index (χ0) is 18.6. The highest BCUT2D eigenvalue weighted by molar-refractivity contribution is 6.17. The molecule has 5 heteroatoms. The minimum absolute atomic E-state index is 0.0433. The Morgan fingerprint density at radius 1 is 0.926 bits per heavy atom. The number of aliphatic imine (C=N–C) groups is 2. The van der Waals surface area contributed by atoms with Crippen molar-refractivity contribution in [3.8, 4) is 0 Å². The van der Waals surface area contributed by atoms with Crippen LogP contribution in [0.3, 0.4) is 0 Å². The Morgan fingerprint density at radius 2 is 1.67 bits per heavy atom. The van der Waals surface area contributed by atoms with Gasteiger partial charge in [-0.15, -0.1) is 0 Å². The number of ketones is 1. The predicted octanol–water partition coefficient (Wildman–Crippen LogP) is 3.60. The van der Waals surface area contributed by atoms with Crippen LogP contribution in [-0.2, 0) is 9.53 Å². The summed E-state index contributed by atoms with van der Waals surface area (Å²) in [6.07, 6.45) is 4.01. The zero-order valence-corrected chi connectivity index (χ0v) is 14.9. The van der Waals surface area contributed by atoms with Crippen LogP contribution in [-0.4, -0.2) is 35.9 Å². The largest absolute Gasteiger partial charge is 0.405 e. The summed E-state index contributed by atoms with van der Waals surface area (Å²) in [5.41, 5.74) is 2.73. The number of nitrogens with zero attached hydrogens (tertiary/aromatic N) is 2. The summed E-state index contributed by atoms with van der Waals surface area (Å²) in [6.45, 7) is 0.750. The van der Waals surface area contributed by atoms with E-state index in [1.807, 2.05) is 18.2 Å². The van der Waals surface area contributed by atoms with E-state index in [2.05, 4.69) is 9.98 Å². The van der Waals surface area contributed by atoms with Crippen LogP contribution in [0, 0.1) is 0 Å². The third-order valence-corrected chi connectivity index (χ3v) is 4.82. The molecule has 27 heavy (non-hydrogen) atoms. The Bertz CT molecular complexity index is 914. The monoisotopic (exact) mass is 360 g/mol. The van der Waals surface area contributed by atoms with Crippen molar-refractivity contribution in [2.75, 3.05) is 6.54 Å². The van der Waals surface area contributed by atoms with Gasteiger partial charge in [-0.25, -0.2) is 9.79 Å². The van der Waals surface area contributed by atoms with Gasteiger partial charge in [0.1, 0.15) is 0 Å². The van der Waals surface area contributed by atoms with E-state index >= 15 is 0 Å². The minimum Gasteiger partial charge on any atom is -0.405 e. The Balaban J connectivity index is 1.54. The van der Waals surface area contributed by atoms with Gasteiger partial charge in [0.25, 0.3) is 0 Å². The molecule has 1 atom stereocenters. The van der Waals surface area contributed by atoms with E-state index < -0.39 is 6.04 Å². The molecule has 0 spiro atoms. The van der Waals surface area contributed by atoms with Gasteiger partial charge in [-0.3, -0.25) is 9.79 Å². The van der Waals surface area contributed by atoms with E-state index in [-0.39, 0.29) is 11.8 Å². The van der Waals surface area contributed by atoms with E-state index in [4.69, 9.17) is 4.74 Å². The molecule has 0 unspecified atom stereocenters. The van der Waals surface area contributed by atoms with Crippen molar-refractivity contribution in [2.24, 2.45) is 9.98 Å². The molecule has 5 nitrogen and oxygen atoms in total. The Labute approximate surface area is 157 Å². The minimum atomic E-state index is -0.622. The zero-order valence-electron chi connectivity index (χ0n) is 14.9. The molecule has 0 saturated heterocycles. The number of hydrogen-bond acceptors (Lipinski definition) is 5. The van der Waals surface area contributed by atoms with Gasteiger partial charge in [0.05, 0.1) is 0 Å². The van der Waals surface area contributed by atoms with Crippen LogP contribution in [0.1, 0.15) is 47.2 Å². The predicted molar refractivity (Wildman–Crippen MR) is 104 cm³/mol. The standard InChI is InChI=1S/C22H20N2O3/c25-20(15-7-3-1-4-8-15)16-10-12-17(13-11-16)21-24-19(22(26)27-21)18-9-5-2-6-14-23-18/h1,3-4,7-8,10-13,19H,2,5-6,9,14H2/t19-/m0/s1. The number of ether oxygens (including phenoxy) is 1. The summed E-state index contributed by atoms with van der Waals surface area (Å²) in [6, 6.07) is 15.5. The molecule has 4 rings (SSSR count). The van der Waals surface area contributed by atoms with E-state index in [0.717, 1.165) is 37.9 Å². The summed E-state index contributed by atoms with van der Waals surface area (Å²) in [4.78, 5) is 33.7. The number of hydrogen-bond donors (Lipinski definition) is 0. The third-order valence-electron chi connectivity index (χ3n) is 4.82. The number of cyclic esters (lactones) is 1. The number of carbonyl (C=O) groups excluding carboxylic acids is 2. The number of carbonyl (C=O) groups is 2. The highest BCUT2D eigenvalue weighted by atomic mass is 16.6. The molecular formula is C22H20N2O3. The van der Waals surface area contributed by atoms with Gasteiger partial charge in [-0.2, -0.15) is 0 Å². The Morgan fingerprint density at radius 3 is 2.44 bits per heavy atom. The molecule has 2 heterocycles. The lowest BCUT2D eigenvalue weighted by Gasteiger charge is -2.05. The van der Waals surface area contributed by atoms with Crippen molar-refractivity contribution in [2.45, 2.75) is 31.7 Å². The van der Waals surface area contributed by atoms with Crippen LogP contribution < -0.4 is 0 Å². The number of benzene rings is 2. The second kappa shape index (κ2) is 7.66. The van der Waals surface area contributed by atoms with Crippen LogP contribution >= 0.6 is 0 Å². The molecule has 2 aromatic carbocycles. The molecule has 2 aliphatic heterocycles. The highest BCUT2D eigenvalue weighted by Crippen LogP contribution is 2.20. The molecular weight excluding hydrogens is 340 g/mol. The van der Waals surface area contributed by atoms with Crippen molar-refractivity contribution in [3.63, 3.8) is 0 Å². The lowest BCUT2D eigenvalue weighted by atomic mass is 10.0. The SMILES string of the molecule is O=C(c1ccccc1)c1ccc(C2=N[C@@H](C3=NCCCCC3)C(=O)O2)cc1. The molecule has 0 fully saturated rings. The summed E-state index contributed by atoms with van der Waals surface area (Å²) >= 11 is 0. The first-order valence-corrected chi connectivity index (χ1v) is 9.25. The average molecular weight is 360 g/mol. The molecule has 2 aliphatic rings. The lowest BCUT2D eigenvalue weighted by Crippen LogP contribution is -2.25. The van der Waals surface area contributed by atoms with E-state index in [0.29, 0.717) is 22.6 Å². The van der Waals surface area contributed by atoms with Crippen LogP contribution in [0.4, 0.5) is 0 Å². The fourth-order valence-corrected chi connectivity index (χ4v) is 3.33. The molecule has 0 aliphatic carbocycles. The van der Waals surface area contributed by atoms with Crippen molar-refractivity contribution >= 4 is 23.4 Å². The van der Waals surface area contributed by atoms with Crippen molar-refractivity contribution in [1.29, 1.82) is 0 Å². The normalized spacial score (nSPS) is 19.7. The Kier molecular flexibility index (Phi) is 4.92. The van der Waals surface area contributed by atoms with E-state index in [1.54, 1.807) is 36.4 Å². The first kappa shape index (κ1) is 17.3. The maximum Gasteiger partial charge on any atom is 0.343 e. The fourth-order valence-electron chi connectivity index (χ4n) is 3.33. The molecule has 0 saturated carbocycles. The van der Waals surface area contributed by atoms with Gasteiger partial charge in [0, 0.05) is 28.9 Å². The van der Waals surface area contributed by atoms with Gasteiger partial charge in [-0.1, -0.05) is 48.9 Å². The first-order valence-electron chi connectivity index (χ1n) is 9.25. The molecule has 2 aromatic rings. The van der Waals surface area contributed by atoms with Gasteiger partial charge in [-0.05, 0) is 31.4 Å². The molecule has 0 bridgehead atoms. The maximum atomic E-state index is 12.5. The van der Waals surface area contributed by atoms with E-state index in [9.17, 15) is 9.59 Å². The van der Waals surface area contributed by atoms with Crippen molar-refractivity contribution in [1.82, 2.24) is 0 Å². The highest BCUT2D eigenvalue weighted by Gasteiger charge is 2.34. The molecule has 0 N–H and O–H groups in total. The van der Waals surface area contributed by atoms with Gasteiger partial charge < -0.3 is 4.74 Å². The second-order valence-corrected chi connectivity index (χ2v) is 6.71. The van der Waals surface area contributed by atoms with Gasteiger partial charge in [0.2, 0.25) is 5.90 Å². The Hall–Kier alpha value is -3.08. The second-order valence-electron chi connectivity index (χ2n) is 6.71. The summed E-state index contributed by atoms with van der Waals surface area (Å²) < 4.78 is 5.38. The summed E-state index contributed by atoms with van der Waals surface area (Å²) in [5, 5.41) is 0. The average Bonchev–Trinajstić information content (AvgIpc) is 2.92. The first-order chi connectivity index (χ1) is 13.2. The van der Waals surface area contributed by atoms with E-state index in [1.165, 1.54) is 0 Å². The fraction of sp³-hybridized carbons (Fsp3) is 0.273. The molecule has 0 aromatic heterocycles. The quantitative estimate of drug-likeness (QED) is 0.618. The van der Waals surface area contributed by atoms with Crippen LogP contribution in [0.25, 0.3) is 0 Å². The molecule has 0 radical (unpaired) electrons. The maximum absolute atomic E-state index is 12.5. The van der Waals surface area contributed by atoms with Crippen LogP contribution in [0.2, 0.25) is 0 Å². The van der Waals surface area contributed by atoms with Crippen LogP contribution in [0.15, 0.2) is 64.6 Å². The molecule has 0 amide bonds. The summed E-state index contributed by atoms with van der Waals surface area (Å²) in [5.74, 6) is -0.107. The third kappa shape index (κ3) is 3.72. The van der Waals surface area contributed by atoms with Crippen molar-refractivity contribution < 1.29 is 14.3 Å². The lowest BCUT2D eigenvalue weighted by molar-refractivity contribution is -0.133. The topological polar surface area (TPSA) is 68.1 Å². The van der Waals surface area contributed by atoms with Gasteiger partial charge >= 0.3 is 5.97 Å². The molecule has 136 valence electrons. The smallest absolute Gasteiger partial charge is 0.343 e. The number of esters is 1. The van der Waals surface area contributed by atoms with Gasteiger partial charge in [0.15, 0.2) is 11.8 Å². The van der Waals surface area contributed by atoms with Crippen LogP contribution in [0.5, 0.6) is 0 Å².